The number of benzene rings is 1. The number of nitro groups is 1. The monoisotopic (exact) mass is 279 g/mol. The Kier molecular flexibility index (Phi) is 4.52. The maximum absolute atomic E-state index is 11.6. The molecule has 0 aromatic heterocycles. The van der Waals surface area contributed by atoms with Crippen molar-refractivity contribution in [2.45, 2.75) is 6.92 Å². The summed E-state index contributed by atoms with van der Waals surface area (Å²) in [6.45, 7) is 4.93. The third-order valence-corrected chi connectivity index (χ3v) is 3.14. The van der Waals surface area contributed by atoms with Gasteiger partial charge in [-0.2, -0.15) is 0 Å². The summed E-state index contributed by atoms with van der Waals surface area (Å²) in [5, 5.41) is 14.4. The lowest BCUT2D eigenvalue weighted by Gasteiger charge is -2.29. The van der Waals surface area contributed by atoms with Crippen molar-refractivity contribution in [1.82, 2.24) is 5.32 Å². The average Bonchev–Trinajstić information content (AvgIpc) is 2.47. The number of esters is 1. The van der Waals surface area contributed by atoms with Crippen LogP contribution in [0.2, 0.25) is 0 Å². The smallest absolute Gasteiger partial charge is 0.338 e. The summed E-state index contributed by atoms with van der Waals surface area (Å²) in [5.74, 6) is -0.539. The molecular formula is C13H17N3O4. The van der Waals surface area contributed by atoms with Crippen molar-refractivity contribution in [3.8, 4) is 0 Å². The van der Waals surface area contributed by atoms with Gasteiger partial charge in [0.2, 0.25) is 0 Å². The summed E-state index contributed by atoms with van der Waals surface area (Å²) in [7, 11) is 0. The summed E-state index contributed by atoms with van der Waals surface area (Å²) >= 11 is 0. The number of nitrogens with one attached hydrogen (secondary N) is 1. The van der Waals surface area contributed by atoms with Crippen molar-refractivity contribution in [2.75, 3.05) is 37.7 Å². The second kappa shape index (κ2) is 6.33. The molecule has 1 aromatic carbocycles. The largest absolute Gasteiger partial charge is 0.462 e. The fraction of sp³-hybridized carbons (Fsp3) is 0.462. The number of hydrogen-bond donors (Lipinski definition) is 1. The first-order valence-corrected chi connectivity index (χ1v) is 6.54. The lowest BCUT2D eigenvalue weighted by molar-refractivity contribution is -0.384. The van der Waals surface area contributed by atoms with Gasteiger partial charge in [0, 0.05) is 32.2 Å². The van der Waals surface area contributed by atoms with E-state index in [9.17, 15) is 14.9 Å². The SMILES string of the molecule is CCOC(=O)c1ccc(N2CCNCC2)c([N+](=O)[O-])c1. The molecule has 2 rings (SSSR count). The van der Waals surface area contributed by atoms with Gasteiger partial charge in [0.1, 0.15) is 5.69 Å². The second-order valence-electron chi connectivity index (χ2n) is 4.42. The topological polar surface area (TPSA) is 84.7 Å². The van der Waals surface area contributed by atoms with Gasteiger partial charge in [0.25, 0.3) is 5.69 Å². The van der Waals surface area contributed by atoms with Crippen LogP contribution < -0.4 is 10.2 Å². The number of nitro benzene ring substituents is 1. The molecule has 1 fully saturated rings. The van der Waals surface area contributed by atoms with E-state index in [1.165, 1.54) is 6.07 Å². The molecule has 0 atom stereocenters. The van der Waals surface area contributed by atoms with Crippen LogP contribution in [0.15, 0.2) is 18.2 Å². The summed E-state index contributed by atoms with van der Waals surface area (Å²) in [6.07, 6.45) is 0. The van der Waals surface area contributed by atoms with E-state index in [0.29, 0.717) is 18.8 Å². The van der Waals surface area contributed by atoms with Gasteiger partial charge in [-0.15, -0.1) is 0 Å². The summed E-state index contributed by atoms with van der Waals surface area (Å²) in [4.78, 5) is 24.3. The van der Waals surface area contributed by atoms with Crippen molar-refractivity contribution >= 4 is 17.3 Å². The normalized spacial score (nSPS) is 14.9. The van der Waals surface area contributed by atoms with Gasteiger partial charge in [-0.05, 0) is 19.1 Å². The van der Waals surface area contributed by atoms with Gasteiger partial charge in [-0.25, -0.2) is 4.79 Å². The molecule has 1 aliphatic rings. The van der Waals surface area contributed by atoms with E-state index in [4.69, 9.17) is 4.74 Å². The molecular weight excluding hydrogens is 262 g/mol. The number of hydrogen-bond acceptors (Lipinski definition) is 6. The molecule has 108 valence electrons. The first-order chi connectivity index (χ1) is 9.63. The molecule has 0 unspecified atom stereocenters. The number of anilines is 1. The maximum Gasteiger partial charge on any atom is 0.338 e. The van der Waals surface area contributed by atoms with Crippen LogP contribution in [-0.4, -0.2) is 43.7 Å². The van der Waals surface area contributed by atoms with Crippen LogP contribution in [0, 0.1) is 10.1 Å². The highest BCUT2D eigenvalue weighted by atomic mass is 16.6. The fourth-order valence-corrected chi connectivity index (χ4v) is 2.18. The molecule has 1 heterocycles. The zero-order chi connectivity index (χ0) is 14.5. The first-order valence-electron chi connectivity index (χ1n) is 6.54. The van der Waals surface area contributed by atoms with Crippen LogP contribution in [0.3, 0.4) is 0 Å². The maximum atomic E-state index is 11.6. The molecule has 1 N–H and O–H groups in total. The van der Waals surface area contributed by atoms with Crippen molar-refractivity contribution in [3.63, 3.8) is 0 Å². The van der Waals surface area contributed by atoms with Gasteiger partial charge in [0.05, 0.1) is 17.1 Å². The predicted octanol–water partition coefficient (Wildman–Crippen LogP) is 1.18. The molecule has 1 saturated heterocycles. The minimum absolute atomic E-state index is 0.0579. The van der Waals surface area contributed by atoms with E-state index < -0.39 is 10.9 Å². The van der Waals surface area contributed by atoms with Gasteiger partial charge < -0.3 is 15.0 Å². The van der Waals surface area contributed by atoms with Crippen molar-refractivity contribution in [1.29, 1.82) is 0 Å². The van der Waals surface area contributed by atoms with Gasteiger partial charge >= 0.3 is 5.97 Å². The molecule has 0 saturated carbocycles. The molecule has 0 spiro atoms. The summed E-state index contributed by atoms with van der Waals surface area (Å²) in [6, 6.07) is 4.48. The van der Waals surface area contributed by atoms with Crippen molar-refractivity contribution < 1.29 is 14.5 Å². The Morgan fingerprint density at radius 1 is 1.45 bits per heavy atom. The van der Waals surface area contributed by atoms with Crippen LogP contribution >= 0.6 is 0 Å². The molecule has 20 heavy (non-hydrogen) atoms. The minimum atomic E-state index is -0.539. The number of carbonyl (C=O) groups excluding carboxylic acids is 1. The number of nitrogens with zero attached hydrogens (tertiary/aromatic N) is 2. The van der Waals surface area contributed by atoms with Crippen LogP contribution in [-0.2, 0) is 4.74 Å². The Balaban J connectivity index is 2.32. The zero-order valence-electron chi connectivity index (χ0n) is 11.3. The van der Waals surface area contributed by atoms with E-state index in [-0.39, 0.29) is 17.9 Å². The summed E-state index contributed by atoms with van der Waals surface area (Å²) < 4.78 is 4.86. The number of piperazine rings is 1. The van der Waals surface area contributed by atoms with Gasteiger partial charge in [-0.3, -0.25) is 10.1 Å². The van der Waals surface area contributed by atoms with Crippen LogP contribution in [0.25, 0.3) is 0 Å². The van der Waals surface area contributed by atoms with E-state index >= 15 is 0 Å². The van der Waals surface area contributed by atoms with E-state index in [2.05, 4.69) is 5.32 Å². The van der Waals surface area contributed by atoms with Crippen LogP contribution in [0.4, 0.5) is 11.4 Å². The predicted molar refractivity (Wildman–Crippen MR) is 74.1 cm³/mol. The van der Waals surface area contributed by atoms with Crippen LogP contribution in [0.5, 0.6) is 0 Å². The number of ether oxygens (including phenoxy) is 1. The van der Waals surface area contributed by atoms with Crippen molar-refractivity contribution in [3.05, 3.63) is 33.9 Å². The van der Waals surface area contributed by atoms with Crippen molar-refractivity contribution in [2.24, 2.45) is 0 Å². The highest BCUT2D eigenvalue weighted by Crippen LogP contribution is 2.29. The average molecular weight is 279 g/mol. The van der Waals surface area contributed by atoms with Crippen LogP contribution in [0.1, 0.15) is 17.3 Å². The molecule has 1 aliphatic heterocycles. The van der Waals surface area contributed by atoms with E-state index in [1.807, 2.05) is 4.90 Å². The highest BCUT2D eigenvalue weighted by Gasteiger charge is 2.23. The molecule has 0 aliphatic carbocycles. The Hall–Kier alpha value is -2.15. The fourth-order valence-electron chi connectivity index (χ4n) is 2.18. The first kappa shape index (κ1) is 14.3. The van der Waals surface area contributed by atoms with Gasteiger partial charge in [0.15, 0.2) is 0 Å². The van der Waals surface area contributed by atoms with E-state index in [1.54, 1.807) is 19.1 Å². The molecule has 0 bridgehead atoms. The lowest BCUT2D eigenvalue weighted by atomic mass is 10.1. The number of rotatable bonds is 4. The summed E-state index contributed by atoms with van der Waals surface area (Å²) in [5.41, 5.74) is 0.694. The minimum Gasteiger partial charge on any atom is -0.462 e. The molecule has 0 radical (unpaired) electrons. The number of carbonyl (C=O) groups is 1. The second-order valence-corrected chi connectivity index (χ2v) is 4.42. The van der Waals surface area contributed by atoms with Gasteiger partial charge in [-0.1, -0.05) is 0 Å². The molecule has 0 amide bonds. The highest BCUT2D eigenvalue weighted by molar-refractivity contribution is 5.91. The zero-order valence-corrected chi connectivity index (χ0v) is 11.3. The van der Waals surface area contributed by atoms with E-state index in [0.717, 1.165) is 13.1 Å². The standard InChI is InChI=1S/C13H17N3O4/c1-2-20-13(17)10-3-4-11(12(9-10)16(18)19)15-7-5-14-6-8-15/h3-4,9,14H,2,5-8H2,1H3. The Labute approximate surface area is 116 Å². The third kappa shape index (κ3) is 3.05. The molecule has 1 aromatic rings. The quantitative estimate of drug-likeness (QED) is 0.506. The Morgan fingerprint density at radius 3 is 2.75 bits per heavy atom. The molecule has 7 nitrogen and oxygen atoms in total. The Bertz CT molecular complexity index is 512. The Morgan fingerprint density at radius 2 is 2.15 bits per heavy atom. The molecule has 7 heteroatoms. The third-order valence-electron chi connectivity index (χ3n) is 3.14. The lowest BCUT2D eigenvalue weighted by Crippen LogP contribution is -2.43.